The first kappa shape index (κ1) is 20.4. The first-order chi connectivity index (χ1) is 13.6. The number of halogens is 1. The lowest BCUT2D eigenvalue weighted by Gasteiger charge is -2.31. The van der Waals surface area contributed by atoms with Gasteiger partial charge in [0.25, 0.3) is 0 Å². The summed E-state index contributed by atoms with van der Waals surface area (Å²) in [6.45, 7) is 4.65. The van der Waals surface area contributed by atoms with E-state index in [0.29, 0.717) is 17.9 Å². The number of amides is 1. The Labute approximate surface area is 170 Å². The van der Waals surface area contributed by atoms with Crippen molar-refractivity contribution in [3.05, 3.63) is 64.7 Å². The highest BCUT2D eigenvalue weighted by Crippen LogP contribution is 2.23. The average molecular weight is 401 g/mol. The Morgan fingerprint density at radius 1 is 1.11 bits per heavy atom. The van der Waals surface area contributed by atoms with Gasteiger partial charge in [-0.05, 0) is 68.8 Å². The number of carbonyl (C=O) groups excluding carboxylic acids is 2. The molecule has 1 aliphatic heterocycles. The molecule has 0 aromatic heterocycles. The maximum atomic E-state index is 12.6. The lowest BCUT2D eigenvalue weighted by molar-refractivity contribution is -0.121. The van der Waals surface area contributed by atoms with Crippen molar-refractivity contribution in [2.75, 3.05) is 25.0 Å². The Hall–Kier alpha value is -2.37. The molecule has 1 aliphatic rings. The Bertz CT molecular complexity index is 815. The minimum atomic E-state index is -0.355. The topological polar surface area (TPSA) is 58.6 Å². The number of piperidine rings is 1. The van der Waals surface area contributed by atoms with Gasteiger partial charge in [-0.15, -0.1) is 0 Å². The molecule has 0 saturated carbocycles. The van der Waals surface area contributed by atoms with E-state index in [4.69, 9.17) is 16.3 Å². The molecule has 0 aliphatic carbocycles. The molecular weight excluding hydrogens is 376 g/mol. The van der Waals surface area contributed by atoms with Crippen LogP contribution in [0.5, 0.6) is 0 Å². The largest absolute Gasteiger partial charge is 0.462 e. The van der Waals surface area contributed by atoms with Gasteiger partial charge in [-0.3, -0.25) is 9.69 Å². The first-order valence-electron chi connectivity index (χ1n) is 9.60. The van der Waals surface area contributed by atoms with Crippen LogP contribution in [0, 0.1) is 5.92 Å². The van der Waals surface area contributed by atoms with Gasteiger partial charge in [0.1, 0.15) is 0 Å². The van der Waals surface area contributed by atoms with Gasteiger partial charge in [0.05, 0.1) is 12.2 Å². The second kappa shape index (κ2) is 9.71. The summed E-state index contributed by atoms with van der Waals surface area (Å²) in [7, 11) is 0. The molecule has 0 bridgehead atoms. The van der Waals surface area contributed by atoms with Gasteiger partial charge in [-0.25, -0.2) is 4.79 Å². The van der Waals surface area contributed by atoms with E-state index < -0.39 is 0 Å². The van der Waals surface area contributed by atoms with Crippen LogP contribution in [0.15, 0.2) is 48.5 Å². The number of nitrogens with one attached hydrogen (secondary N) is 1. The smallest absolute Gasteiger partial charge is 0.338 e. The van der Waals surface area contributed by atoms with E-state index in [2.05, 4.69) is 10.2 Å². The first-order valence-corrected chi connectivity index (χ1v) is 9.98. The van der Waals surface area contributed by atoms with Gasteiger partial charge in [0.2, 0.25) is 5.91 Å². The molecule has 0 unspecified atom stereocenters. The molecule has 0 atom stereocenters. The lowest BCUT2D eigenvalue weighted by atomic mass is 9.95. The third-order valence-corrected chi connectivity index (χ3v) is 5.34. The number of anilines is 1. The van der Waals surface area contributed by atoms with Crippen molar-refractivity contribution in [2.45, 2.75) is 26.3 Å². The molecule has 148 valence electrons. The van der Waals surface area contributed by atoms with Crippen LogP contribution in [0.3, 0.4) is 0 Å². The number of nitrogens with zero attached hydrogens (tertiary/aromatic N) is 1. The van der Waals surface area contributed by atoms with E-state index in [1.807, 2.05) is 24.3 Å². The highest BCUT2D eigenvalue weighted by atomic mass is 35.5. The van der Waals surface area contributed by atoms with E-state index in [1.165, 1.54) is 0 Å². The monoisotopic (exact) mass is 400 g/mol. The molecule has 6 heteroatoms. The summed E-state index contributed by atoms with van der Waals surface area (Å²) in [5.41, 5.74) is 2.29. The van der Waals surface area contributed by atoms with Crippen LogP contribution in [0.25, 0.3) is 0 Å². The zero-order valence-electron chi connectivity index (χ0n) is 16.0. The van der Waals surface area contributed by atoms with E-state index in [0.717, 1.165) is 43.1 Å². The van der Waals surface area contributed by atoms with Crippen LogP contribution >= 0.6 is 11.6 Å². The summed E-state index contributed by atoms with van der Waals surface area (Å²) >= 11 is 6.24. The third-order valence-electron chi connectivity index (χ3n) is 4.97. The Balaban J connectivity index is 1.48. The SMILES string of the molecule is CCOC(=O)c1ccc(NC(=O)C2CCN(Cc3ccccc3Cl)CC2)cc1. The third kappa shape index (κ3) is 5.33. The summed E-state index contributed by atoms with van der Waals surface area (Å²) < 4.78 is 4.96. The molecule has 0 radical (unpaired) electrons. The zero-order chi connectivity index (χ0) is 19.9. The molecule has 1 N–H and O–H groups in total. The van der Waals surface area contributed by atoms with Crippen LogP contribution in [-0.4, -0.2) is 36.5 Å². The number of esters is 1. The molecule has 1 heterocycles. The number of carbonyl (C=O) groups is 2. The minimum absolute atomic E-state index is 0.00720. The second-order valence-corrected chi connectivity index (χ2v) is 7.34. The van der Waals surface area contributed by atoms with E-state index >= 15 is 0 Å². The Morgan fingerprint density at radius 3 is 2.43 bits per heavy atom. The van der Waals surface area contributed by atoms with Crippen LogP contribution < -0.4 is 5.32 Å². The van der Waals surface area contributed by atoms with Crippen molar-refractivity contribution in [3.63, 3.8) is 0 Å². The molecule has 2 aromatic carbocycles. The molecule has 1 saturated heterocycles. The van der Waals surface area contributed by atoms with Gasteiger partial charge in [0.15, 0.2) is 0 Å². The van der Waals surface area contributed by atoms with E-state index in [-0.39, 0.29) is 17.8 Å². The van der Waals surface area contributed by atoms with Crippen molar-refractivity contribution in [2.24, 2.45) is 5.92 Å². The lowest BCUT2D eigenvalue weighted by Crippen LogP contribution is -2.37. The number of hydrogen-bond acceptors (Lipinski definition) is 4. The van der Waals surface area contributed by atoms with Crippen molar-refractivity contribution in [1.82, 2.24) is 4.90 Å². The molecule has 5 nitrogen and oxygen atoms in total. The number of ether oxygens (including phenoxy) is 1. The summed E-state index contributed by atoms with van der Waals surface area (Å²) in [4.78, 5) is 26.6. The highest BCUT2D eigenvalue weighted by Gasteiger charge is 2.25. The number of hydrogen-bond donors (Lipinski definition) is 1. The second-order valence-electron chi connectivity index (χ2n) is 6.93. The molecule has 2 aromatic rings. The van der Waals surface area contributed by atoms with Crippen molar-refractivity contribution >= 4 is 29.2 Å². The standard InChI is InChI=1S/C22H25ClN2O3/c1-2-28-22(27)17-7-9-19(10-8-17)24-21(26)16-11-13-25(14-12-16)15-18-5-3-4-6-20(18)23/h3-10,16H,2,11-15H2,1H3,(H,24,26). The normalized spacial score (nSPS) is 15.2. The fraction of sp³-hybridized carbons (Fsp3) is 0.364. The van der Waals surface area contributed by atoms with E-state index in [9.17, 15) is 9.59 Å². The zero-order valence-corrected chi connectivity index (χ0v) is 16.7. The van der Waals surface area contributed by atoms with Gasteiger partial charge >= 0.3 is 5.97 Å². The molecule has 1 amide bonds. The van der Waals surface area contributed by atoms with Crippen LogP contribution in [0.2, 0.25) is 5.02 Å². The fourth-order valence-electron chi connectivity index (χ4n) is 3.37. The Kier molecular flexibility index (Phi) is 7.06. The summed E-state index contributed by atoms with van der Waals surface area (Å²) in [5.74, 6) is -0.334. The van der Waals surface area contributed by atoms with E-state index in [1.54, 1.807) is 31.2 Å². The number of likely N-dealkylation sites (tertiary alicyclic amines) is 1. The number of rotatable bonds is 6. The Morgan fingerprint density at radius 2 is 1.79 bits per heavy atom. The molecule has 3 rings (SSSR count). The summed E-state index contributed by atoms with van der Waals surface area (Å²) in [6.07, 6.45) is 1.63. The molecule has 28 heavy (non-hydrogen) atoms. The van der Waals surface area contributed by atoms with Gasteiger partial charge < -0.3 is 10.1 Å². The molecule has 0 spiro atoms. The highest BCUT2D eigenvalue weighted by molar-refractivity contribution is 6.31. The van der Waals surface area contributed by atoms with Crippen molar-refractivity contribution in [1.29, 1.82) is 0 Å². The molecular formula is C22H25ClN2O3. The van der Waals surface area contributed by atoms with Gasteiger partial charge in [-0.1, -0.05) is 29.8 Å². The van der Waals surface area contributed by atoms with Crippen LogP contribution in [0.4, 0.5) is 5.69 Å². The minimum Gasteiger partial charge on any atom is -0.462 e. The fourth-order valence-corrected chi connectivity index (χ4v) is 3.56. The maximum absolute atomic E-state index is 12.6. The van der Waals surface area contributed by atoms with Gasteiger partial charge in [-0.2, -0.15) is 0 Å². The predicted molar refractivity (Wildman–Crippen MR) is 110 cm³/mol. The van der Waals surface area contributed by atoms with Crippen LogP contribution in [-0.2, 0) is 16.1 Å². The molecule has 1 fully saturated rings. The van der Waals surface area contributed by atoms with Crippen molar-refractivity contribution in [3.8, 4) is 0 Å². The number of benzene rings is 2. The van der Waals surface area contributed by atoms with Crippen molar-refractivity contribution < 1.29 is 14.3 Å². The van der Waals surface area contributed by atoms with Crippen LogP contribution in [0.1, 0.15) is 35.7 Å². The maximum Gasteiger partial charge on any atom is 0.338 e. The quantitative estimate of drug-likeness (QED) is 0.731. The predicted octanol–water partition coefficient (Wildman–Crippen LogP) is 4.37. The summed E-state index contributed by atoms with van der Waals surface area (Å²) in [6, 6.07) is 14.7. The summed E-state index contributed by atoms with van der Waals surface area (Å²) in [5, 5.41) is 3.74. The van der Waals surface area contributed by atoms with Gasteiger partial charge in [0, 0.05) is 23.2 Å². The average Bonchev–Trinajstić information content (AvgIpc) is 2.71.